The molecule has 2 rings (SSSR count). The fraction of sp³-hybridized carbons (Fsp3) is 0.500. The summed E-state index contributed by atoms with van der Waals surface area (Å²) in [6, 6.07) is 8.18. The Kier molecular flexibility index (Phi) is 4.59. The third kappa shape index (κ3) is 3.74. The highest BCUT2D eigenvalue weighted by Gasteiger charge is 2.19. The van der Waals surface area contributed by atoms with Gasteiger partial charge in [0.15, 0.2) is 0 Å². The number of hydrogen-bond acceptors (Lipinski definition) is 3. The molecule has 1 aromatic carbocycles. The molecule has 0 aromatic heterocycles. The highest BCUT2D eigenvalue weighted by molar-refractivity contribution is 5.67. The summed E-state index contributed by atoms with van der Waals surface area (Å²) < 4.78 is 10.4. The molecule has 0 saturated carbocycles. The van der Waals surface area contributed by atoms with Gasteiger partial charge in [-0.25, -0.2) is 4.79 Å². The molecule has 1 fully saturated rings. The van der Waals surface area contributed by atoms with E-state index >= 15 is 0 Å². The molecule has 1 saturated heterocycles. The molecule has 1 aliphatic rings. The Hall–Kier alpha value is -1.55. The van der Waals surface area contributed by atoms with Crippen LogP contribution in [0.25, 0.3) is 0 Å². The Bertz CT molecular complexity index is 400. The number of ether oxygens (including phenoxy) is 2. The van der Waals surface area contributed by atoms with Crippen molar-refractivity contribution in [3.8, 4) is 0 Å². The topological polar surface area (TPSA) is 47.6 Å². The Balaban J connectivity index is 1.77. The number of aryl methyl sites for hydroxylation is 1. The number of benzene rings is 1. The minimum atomic E-state index is -0.368. The lowest BCUT2D eigenvalue weighted by atomic mass is 10.1. The number of carbonyl (C=O) groups is 1. The first kappa shape index (κ1) is 12.9. The SMILES string of the molecule is CCc1cccc(CNC(=O)OC2CCOC2)c1. The number of hydrogen-bond donors (Lipinski definition) is 1. The van der Waals surface area contributed by atoms with Crippen LogP contribution in [0.4, 0.5) is 4.79 Å². The largest absolute Gasteiger partial charge is 0.444 e. The van der Waals surface area contributed by atoms with Gasteiger partial charge in [-0.2, -0.15) is 0 Å². The summed E-state index contributed by atoms with van der Waals surface area (Å²) in [5.74, 6) is 0. The molecule has 4 nitrogen and oxygen atoms in total. The summed E-state index contributed by atoms with van der Waals surface area (Å²) in [6.45, 7) is 3.80. The first-order valence-electron chi connectivity index (χ1n) is 6.38. The highest BCUT2D eigenvalue weighted by atomic mass is 16.6. The Morgan fingerprint density at radius 1 is 1.50 bits per heavy atom. The van der Waals surface area contributed by atoms with Gasteiger partial charge in [-0.15, -0.1) is 0 Å². The molecule has 18 heavy (non-hydrogen) atoms. The number of nitrogens with one attached hydrogen (secondary N) is 1. The Morgan fingerprint density at radius 3 is 3.06 bits per heavy atom. The average Bonchev–Trinajstić information content (AvgIpc) is 2.89. The van der Waals surface area contributed by atoms with E-state index in [4.69, 9.17) is 9.47 Å². The molecule has 4 heteroatoms. The lowest BCUT2D eigenvalue weighted by Gasteiger charge is -2.11. The van der Waals surface area contributed by atoms with Crippen molar-refractivity contribution < 1.29 is 14.3 Å². The van der Waals surface area contributed by atoms with Crippen molar-refractivity contribution in [2.75, 3.05) is 13.2 Å². The minimum Gasteiger partial charge on any atom is -0.444 e. The van der Waals surface area contributed by atoms with Gasteiger partial charge in [0.05, 0.1) is 13.2 Å². The average molecular weight is 249 g/mol. The maximum atomic E-state index is 11.5. The third-order valence-corrected chi connectivity index (χ3v) is 3.00. The minimum absolute atomic E-state index is 0.0908. The number of rotatable bonds is 4. The molecule has 0 bridgehead atoms. The highest BCUT2D eigenvalue weighted by Crippen LogP contribution is 2.09. The van der Waals surface area contributed by atoms with Crippen LogP contribution in [0.1, 0.15) is 24.5 Å². The van der Waals surface area contributed by atoms with Crippen molar-refractivity contribution in [1.29, 1.82) is 0 Å². The summed E-state index contributed by atoms with van der Waals surface area (Å²) >= 11 is 0. The molecule has 0 spiro atoms. The van der Waals surface area contributed by atoms with E-state index < -0.39 is 0 Å². The maximum absolute atomic E-state index is 11.5. The van der Waals surface area contributed by atoms with E-state index in [0.717, 1.165) is 18.4 Å². The van der Waals surface area contributed by atoms with E-state index in [0.29, 0.717) is 19.8 Å². The van der Waals surface area contributed by atoms with E-state index in [2.05, 4.69) is 24.4 Å². The van der Waals surface area contributed by atoms with Gasteiger partial charge < -0.3 is 14.8 Å². The Morgan fingerprint density at radius 2 is 2.33 bits per heavy atom. The van der Waals surface area contributed by atoms with Crippen LogP contribution >= 0.6 is 0 Å². The molecule has 1 atom stereocenters. The number of alkyl carbamates (subject to hydrolysis) is 1. The number of amides is 1. The maximum Gasteiger partial charge on any atom is 0.407 e. The fourth-order valence-corrected chi connectivity index (χ4v) is 1.93. The molecule has 1 aromatic rings. The molecular weight excluding hydrogens is 230 g/mol. The van der Waals surface area contributed by atoms with Crippen LogP contribution in [0.3, 0.4) is 0 Å². The van der Waals surface area contributed by atoms with Crippen LogP contribution in [0.15, 0.2) is 24.3 Å². The van der Waals surface area contributed by atoms with Crippen LogP contribution in [0, 0.1) is 0 Å². The predicted octanol–water partition coefficient (Wildman–Crippen LogP) is 2.26. The van der Waals surface area contributed by atoms with Crippen LogP contribution in [-0.2, 0) is 22.4 Å². The third-order valence-electron chi connectivity index (χ3n) is 3.00. The molecule has 1 heterocycles. The molecule has 0 radical (unpaired) electrons. The van der Waals surface area contributed by atoms with E-state index in [1.54, 1.807) is 0 Å². The van der Waals surface area contributed by atoms with Crippen LogP contribution in [-0.4, -0.2) is 25.4 Å². The van der Waals surface area contributed by atoms with Crippen molar-refractivity contribution in [3.63, 3.8) is 0 Å². The van der Waals surface area contributed by atoms with E-state index in [-0.39, 0.29) is 12.2 Å². The standard InChI is InChI=1S/C14H19NO3/c1-2-11-4-3-5-12(8-11)9-15-14(16)18-13-6-7-17-10-13/h3-5,8,13H,2,6-7,9-10H2,1H3,(H,15,16). The fourth-order valence-electron chi connectivity index (χ4n) is 1.93. The van der Waals surface area contributed by atoms with Gasteiger partial charge in [0.25, 0.3) is 0 Å². The second-order valence-corrected chi connectivity index (χ2v) is 4.42. The zero-order chi connectivity index (χ0) is 12.8. The van der Waals surface area contributed by atoms with E-state index in [1.807, 2.05) is 12.1 Å². The first-order valence-corrected chi connectivity index (χ1v) is 6.38. The van der Waals surface area contributed by atoms with Crippen LogP contribution in [0.5, 0.6) is 0 Å². The van der Waals surface area contributed by atoms with E-state index in [1.165, 1.54) is 5.56 Å². The van der Waals surface area contributed by atoms with Crippen molar-refractivity contribution in [3.05, 3.63) is 35.4 Å². The zero-order valence-electron chi connectivity index (χ0n) is 10.6. The van der Waals surface area contributed by atoms with Crippen LogP contribution in [0.2, 0.25) is 0 Å². The summed E-state index contributed by atoms with van der Waals surface area (Å²) in [5.41, 5.74) is 2.36. The number of carbonyl (C=O) groups excluding carboxylic acids is 1. The van der Waals surface area contributed by atoms with Gasteiger partial charge in [-0.05, 0) is 17.5 Å². The smallest absolute Gasteiger partial charge is 0.407 e. The lowest BCUT2D eigenvalue weighted by Crippen LogP contribution is -2.28. The lowest BCUT2D eigenvalue weighted by molar-refractivity contribution is 0.0828. The monoisotopic (exact) mass is 249 g/mol. The summed E-state index contributed by atoms with van der Waals surface area (Å²) in [4.78, 5) is 11.5. The predicted molar refractivity (Wildman–Crippen MR) is 68.4 cm³/mol. The van der Waals surface area contributed by atoms with Gasteiger partial charge >= 0.3 is 6.09 Å². The van der Waals surface area contributed by atoms with Crippen molar-refractivity contribution in [2.45, 2.75) is 32.4 Å². The van der Waals surface area contributed by atoms with Gasteiger partial charge in [0.1, 0.15) is 6.10 Å². The summed E-state index contributed by atoms with van der Waals surface area (Å²) in [7, 11) is 0. The normalized spacial score (nSPS) is 18.6. The molecular formula is C14H19NO3. The van der Waals surface area contributed by atoms with Gasteiger partial charge in [0.2, 0.25) is 0 Å². The molecule has 1 N–H and O–H groups in total. The molecule has 0 aliphatic carbocycles. The molecule has 1 unspecified atom stereocenters. The summed E-state index contributed by atoms with van der Waals surface area (Å²) in [6.07, 6.45) is 1.33. The molecule has 1 aliphatic heterocycles. The Labute approximate surface area is 107 Å². The zero-order valence-corrected chi connectivity index (χ0v) is 10.6. The van der Waals surface area contributed by atoms with Crippen molar-refractivity contribution in [2.24, 2.45) is 0 Å². The van der Waals surface area contributed by atoms with Gasteiger partial charge in [0, 0.05) is 13.0 Å². The van der Waals surface area contributed by atoms with Crippen molar-refractivity contribution in [1.82, 2.24) is 5.32 Å². The van der Waals surface area contributed by atoms with Crippen molar-refractivity contribution >= 4 is 6.09 Å². The van der Waals surface area contributed by atoms with E-state index in [9.17, 15) is 4.79 Å². The first-order chi connectivity index (χ1) is 8.78. The summed E-state index contributed by atoms with van der Waals surface area (Å²) in [5, 5.41) is 2.76. The van der Waals surface area contributed by atoms with Gasteiger partial charge in [-0.1, -0.05) is 31.2 Å². The molecule has 1 amide bonds. The van der Waals surface area contributed by atoms with Crippen LogP contribution < -0.4 is 5.32 Å². The van der Waals surface area contributed by atoms with Gasteiger partial charge in [-0.3, -0.25) is 0 Å². The molecule has 98 valence electrons. The quantitative estimate of drug-likeness (QED) is 0.890. The second kappa shape index (κ2) is 6.40. The second-order valence-electron chi connectivity index (χ2n) is 4.42.